The van der Waals surface area contributed by atoms with Gasteiger partial charge in [-0.25, -0.2) is 0 Å². The SMILES string of the molecule is CCc1cc(CC)c2c(c1)C(O)(C#Cc1ccc(N(C)C)cc1)c1ccccc1S2. The molecule has 0 saturated carbocycles. The normalized spacial score (nSPS) is 16.8. The van der Waals surface area contributed by atoms with E-state index >= 15 is 0 Å². The second-order valence-corrected chi connectivity index (χ2v) is 8.89. The fraction of sp³-hybridized carbons (Fsp3) is 0.259. The zero-order chi connectivity index (χ0) is 21.3. The molecule has 0 radical (unpaired) electrons. The average Bonchev–Trinajstić information content (AvgIpc) is 2.77. The third-order valence-corrected chi connectivity index (χ3v) is 6.93. The maximum absolute atomic E-state index is 12.0. The average molecular weight is 414 g/mol. The van der Waals surface area contributed by atoms with Crippen LogP contribution in [0.15, 0.2) is 70.5 Å². The second kappa shape index (κ2) is 8.22. The first kappa shape index (κ1) is 20.6. The summed E-state index contributed by atoms with van der Waals surface area (Å²) in [6.45, 7) is 4.33. The van der Waals surface area contributed by atoms with Gasteiger partial charge in [-0.2, -0.15) is 0 Å². The molecule has 0 amide bonds. The van der Waals surface area contributed by atoms with Gasteiger partial charge in [-0.05, 0) is 54.3 Å². The molecule has 30 heavy (non-hydrogen) atoms. The van der Waals surface area contributed by atoms with Crippen molar-refractivity contribution in [2.45, 2.75) is 42.1 Å². The van der Waals surface area contributed by atoms with Gasteiger partial charge in [0.05, 0.1) is 0 Å². The van der Waals surface area contributed by atoms with Crippen LogP contribution in [-0.4, -0.2) is 19.2 Å². The Bertz CT molecular complexity index is 1140. The summed E-state index contributed by atoms with van der Waals surface area (Å²) in [6.07, 6.45) is 1.86. The van der Waals surface area contributed by atoms with Crippen molar-refractivity contribution in [3.05, 3.63) is 88.5 Å². The highest BCUT2D eigenvalue weighted by atomic mass is 32.2. The molecular formula is C27H27NOS. The van der Waals surface area contributed by atoms with Gasteiger partial charge in [-0.1, -0.05) is 67.8 Å². The van der Waals surface area contributed by atoms with Crippen LogP contribution >= 0.6 is 11.8 Å². The molecule has 0 aromatic heterocycles. The van der Waals surface area contributed by atoms with Crippen LogP contribution in [0.5, 0.6) is 0 Å². The Labute approximate surface area is 184 Å². The number of rotatable bonds is 3. The van der Waals surface area contributed by atoms with Crippen LogP contribution in [0.4, 0.5) is 5.69 Å². The van der Waals surface area contributed by atoms with Crippen LogP contribution in [-0.2, 0) is 18.4 Å². The van der Waals surface area contributed by atoms with Gasteiger partial charge in [-0.3, -0.25) is 0 Å². The van der Waals surface area contributed by atoms with Gasteiger partial charge in [0.2, 0.25) is 0 Å². The summed E-state index contributed by atoms with van der Waals surface area (Å²) in [4.78, 5) is 4.28. The minimum atomic E-state index is -1.33. The highest BCUT2D eigenvalue weighted by Crippen LogP contribution is 2.49. The minimum absolute atomic E-state index is 0.871. The molecule has 1 N–H and O–H groups in total. The Morgan fingerprint density at radius 3 is 2.33 bits per heavy atom. The van der Waals surface area contributed by atoms with E-state index in [4.69, 9.17) is 0 Å². The molecule has 0 fully saturated rings. The van der Waals surface area contributed by atoms with Crippen molar-refractivity contribution >= 4 is 17.4 Å². The maximum atomic E-state index is 12.0. The van der Waals surface area contributed by atoms with Crippen molar-refractivity contribution < 1.29 is 5.11 Å². The number of anilines is 1. The first-order valence-electron chi connectivity index (χ1n) is 10.4. The largest absolute Gasteiger partial charge is 0.378 e. The lowest BCUT2D eigenvalue weighted by Crippen LogP contribution is -2.30. The van der Waals surface area contributed by atoms with E-state index in [-0.39, 0.29) is 0 Å². The third-order valence-electron chi connectivity index (χ3n) is 5.66. The van der Waals surface area contributed by atoms with Gasteiger partial charge in [-0.15, -0.1) is 0 Å². The molecule has 3 aromatic carbocycles. The number of benzene rings is 3. The molecule has 2 nitrogen and oxygen atoms in total. The topological polar surface area (TPSA) is 23.5 Å². The van der Waals surface area contributed by atoms with Crippen LogP contribution in [0, 0.1) is 11.8 Å². The molecule has 3 heteroatoms. The number of aryl methyl sites for hydroxylation is 2. The Morgan fingerprint density at radius 2 is 1.67 bits per heavy atom. The number of hydrogen-bond acceptors (Lipinski definition) is 3. The van der Waals surface area contributed by atoms with Crippen molar-refractivity contribution in [1.82, 2.24) is 0 Å². The van der Waals surface area contributed by atoms with Gasteiger partial charge >= 0.3 is 0 Å². The molecule has 3 aromatic rings. The molecule has 0 aliphatic carbocycles. The lowest BCUT2D eigenvalue weighted by Gasteiger charge is -2.33. The van der Waals surface area contributed by atoms with Crippen LogP contribution in [0.3, 0.4) is 0 Å². The summed E-state index contributed by atoms with van der Waals surface area (Å²) in [5, 5.41) is 12.0. The van der Waals surface area contributed by atoms with Crippen LogP contribution < -0.4 is 4.90 Å². The minimum Gasteiger partial charge on any atom is -0.378 e. The Kier molecular flexibility index (Phi) is 5.64. The predicted octanol–water partition coefficient (Wildman–Crippen LogP) is 5.63. The Morgan fingerprint density at radius 1 is 0.933 bits per heavy atom. The summed E-state index contributed by atoms with van der Waals surface area (Å²) in [5.74, 6) is 6.51. The highest BCUT2D eigenvalue weighted by molar-refractivity contribution is 7.99. The molecule has 1 atom stereocenters. The molecule has 4 rings (SSSR count). The molecule has 1 aliphatic rings. The monoisotopic (exact) mass is 413 g/mol. The summed E-state index contributed by atoms with van der Waals surface area (Å²) in [5.41, 5.74) is 5.00. The molecule has 1 heterocycles. The molecule has 1 unspecified atom stereocenters. The van der Waals surface area contributed by atoms with Crippen LogP contribution in [0.1, 0.15) is 41.7 Å². The number of hydrogen-bond donors (Lipinski definition) is 1. The van der Waals surface area contributed by atoms with E-state index in [1.165, 1.54) is 11.1 Å². The van der Waals surface area contributed by atoms with E-state index in [1.54, 1.807) is 11.8 Å². The first-order valence-corrected chi connectivity index (χ1v) is 11.2. The van der Waals surface area contributed by atoms with Gasteiger partial charge in [0, 0.05) is 46.3 Å². The van der Waals surface area contributed by atoms with Crippen molar-refractivity contribution in [2.24, 2.45) is 0 Å². The number of fused-ring (bicyclic) bond motifs is 2. The molecule has 152 valence electrons. The zero-order valence-corrected chi connectivity index (χ0v) is 18.8. The molecule has 0 bridgehead atoms. The van der Waals surface area contributed by atoms with E-state index in [1.807, 2.05) is 44.4 Å². The van der Waals surface area contributed by atoms with Crippen molar-refractivity contribution in [2.75, 3.05) is 19.0 Å². The van der Waals surface area contributed by atoms with Gasteiger partial charge in [0.25, 0.3) is 0 Å². The smallest absolute Gasteiger partial charge is 0.179 e. The van der Waals surface area contributed by atoms with E-state index < -0.39 is 5.60 Å². The molecule has 0 saturated heterocycles. The van der Waals surface area contributed by atoms with Crippen LogP contribution in [0.25, 0.3) is 0 Å². The second-order valence-electron chi connectivity index (χ2n) is 7.84. The van der Waals surface area contributed by atoms with E-state index in [2.05, 4.69) is 60.9 Å². The van der Waals surface area contributed by atoms with E-state index in [0.717, 1.165) is 45.0 Å². The fourth-order valence-electron chi connectivity index (χ4n) is 3.86. The van der Waals surface area contributed by atoms with Gasteiger partial charge in [0.1, 0.15) is 0 Å². The number of aliphatic hydroxyl groups is 1. The molecule has 1 aliphatic heterocycles. The van der Waals surface area contributed by atoms with Crippen molar-refractivity contribution in [3.8, 4) is 11.8 Å². The summed E-state index contributed by atoms with van der Waals surface area (Å²) >= 11 is 1.75. The summed E-state index contributed by atoms with van der Waals surface area (Å²) in [6, 6.07) is 20.6. The van der Waals surface area contributed by atoms with Gasteiger partial charge < -0.3 is 10.0 Å². The van der Waals surface area contributed by atoms with Crippen LogP contribution in [0.2, 0.25) is 0 Å². The quantitative estimate of drug-likeness (QED) is 0.563. The summed E-state index contributed by atoms with van der Waals surface area (Å²) < 4.78 is 0. The third kappa shape index (κ3) is 3.62. The fourth-order valence-corrected chi connectivity index (χ4v) is 5.20. The molecule has 0 spiro atoms. The standard InChI is InChI=1S/C27H27NOS/c1-5-19-17-21(6-2)26-24(18-19)27(29,23-9-7-8-10-25(23)30-26)16-15-20-11-13-22(14-12-20)28(3)4/h7-14,17-18,29H,5-6H2,1-4H3. The summed E-state index contributed by atoms with van der Waals surface area (Å²) in [7, 11) is 4.04. The number of nitrogens with zero attached hydrogens (tertiary/aromatic N) is 1. The first-order chi connectivity index (χ1) is 14.5. The Hall–Kier alpha value is -2.67. The Balaban J connectivity index is 1.89. The molecular weight excluding hydrogens is 386 g/mol. The van der Waals surface area contributed by atoms with E-state index in [0.29, 0.717) is 0 Å². The van der Waals surface area contributed by atoms with E-state index in [9.17, 15) is 5.11 Å². The van der Waals surface area contributed by atoms with Crippen molar-refractivity contribution in [1.29, 1.82) is 0 Å². The zero-order valence-electron chi connectivity index (χ0n) is 18.0. The highest BCUT2D eigenvalue weighted by Gasteiger charge is 2.39. The lowest BCUT2D eigenvalue weighted by molar-refractivity contribution is 0.138. The predicted molar refractivity (Wildman–Crippen MR) is 126 cm³/mol. The van der Waals surface area contributed by atoms with Gasteiger partial charge in [0.15, 0.2) is 5.60 Å². The van der Waals surface area contributed by atoms with Crippen molar-refractivity contribution in [3.63, 3.8) is 0 Å². The lowest BCUT2D eigenvalue weighted by atomic mass is 9.83. The maximum Gasteiger partial charge on any atom is 0.179 e.